The summed E-state index contributed by atoms with van der Waals surface area (Å²) in [6, 6.07) is 15.9. The average Bonchev–Trinajstić information content (AvgIpc) is 3.49. The van der Waals surface area contributed by atoms with Crippen LogP contribution in [0.5, 0.6) is 5.75 Å². The zero-order valence-electron chi connectivity index (χ0n) is 25.9. The highest BCUT2D eigenvalue weighted by atomic mass is 19.1. The molecule has 1 N–H and O–H groups in total. The van der Waals surface area contributed by atoms with Crippen LogP contribution in [0.3, 0.4) is 0 Å². The van der Waals surface area contributed by atoms with Gasteiger partial charge in [-0.15, -0.1) is 0 Å². The number of carbonyl (C=O) groups excluding carboxylic acids is 2. The normalized spacial score (nSPS) is 17.5. The molecule has 7 nitrogen and oxygen atoms in total. The highest BCUT2D eigenvalue weighted by Gasteiger charge is 2.23. The van der Waals surface area contributed by atoms with Crippen molar-refractivity contribution < 1.29 is 23.5 Å². The predicted molar refractivity (Wildman–Crippen MR) is 171 cm³/mol. The SMILES string of the molecule is COCCNC(=O)c1ccc2nn(CC3CCCCC(C(=O)c4ccc(-c5ccc(F)cc5OC)cc4)CCC3)cc2c1C. The number of ether oxygens (including phenoxy) is 2. The monoisotopic (exact) mass is 599 g/mol. The van der Waals surface area contributed by atoms with Gasteiger partial charge < -0.3 is 14.8 Å². The van der Waals surface area contributed by atoms with Gasteiger partial charge >= 0.3 is 0 Å². The Morgan fingerprint density at radius 2 is 1.73 bits per heavy atom. The Bertz CT molecular complexity index is 1600. The zero-order chi connectivity index (χ0) is 31.1. The van der Waals surface area contributed by atoms with Crippen LogP contribution in [0.15, 0.2) is 60.8 Å². The van der Waals surface area contributed by atoms with Crippen molar-refractivity contribution in [1.29, 1.82) is 0 Å². The number of nitrogens with zero attached hydrogens (tertiary/aromatic N) is 2. The molecule has 232 valence electrons. The van der Waals surface area contributed by atoms with Gasteiger partial charge in [0.25, 0.3) is 5.91 Å². The predicted octanol–water partition coefficient (Wildman–Crippen LogP) is 7.40. The van der Waals surface area contributed by atoms with E-state index in [0.717, 1.165) is 84.6 Å². The number of amides is 1. The number of carbonyl (C=O) groups is 2. The standard InChI is InChI=1S/C36H42FN3O4/c1-24-30(36(42)38-19-20-43-2)17-18-33-32(24)23-40(39-33)22-25-7-4-5-9-27(10-6-8-25)35(41)28-13-11-26(12-14-28)31-16-15-29(37)21-34(31)44-3/h11-18,21,23,25,27H,4-10,19-20,22H2,1-3H3,(H,38,42). The topological polar surface area (TPSA) is 82.5 Å². The number of hydrogen-bond donors (Lipinski definition) is 1. The Balaban J connectivity index is 1.20. The van der Waals surface area contributed by atoms with E-state index >= 15 is 0 Å². The van der Waals surface area contributed by atoms with Crippen LogP contribution in [0, 0.1) is 24.6 Å². The lowest BCUT2D eigenvalue weighted by molar-refractivity contribution is 0.0901. The summed E-state index contributed by atoms with van der Waals surface area (Å²) >= 11 is 0. The number of ketones is 1. The highest BCUT2D eigenvalue weighted by Crippen LogP contribution is 2.33. The number of aromatic nitrogens is 2. The number of benzene rings is 3. The van der Waals surface area contributed by atoms with Crippen LogP contribution in [0.25, 0.3) is 22.0 Å². The summed E-state index contributed by atoms with van der Waals surface area (Å²) in [7, 11) is 3.14. The number of fused-ring (bicyclic) bond motifs is 1. The number of Topliss-reactive ketones (excluding diaryl/α,β-unsaturated/α-hetero) is 1. The molecular weight excluding hydrogens is 557 g/mol. The summed E-state index contributed by atoms with van der Waals surface area (Å²) in [5.41, 5.74) is 4.90. The number of hydrogen-bond acceptors (Lipinski definition) is 5. The molecule has 1 heterocycles. The molecule has 2 atom stereocenters. The number of nitrogens with one attached hydrogen (secondary N) is 1. The number of aryl methyl sites for hydroxylation is 1. The first-order chi connectivity index (χ1) is 21.4. The summed E-state index contributed by atoms with van der Waals surface area (Å²) in [6.45, 7) is 3.75. The van der Waals surface area contributed by atoms with E-state index in [2.05, 4.69) is 11.5 Å². The van der Waals surface area contributed by atoms with E-state index < -0.39 is 0 Å². The molecule has 0 radical (unpaired) electrons. The van der Waals surface area contributed by atoms with Gasteiger partial charge in [-0.2, -0.15) is 5.10 Å². The Morgan fingerprint density at radius 3 is 2.50 bits per heavy atom. The van der Waals surface area contributed by atoms with Crippen molar-refractivity contribution in [3.05, 3.63) is 83.3 Å². The van der Waals surface area contributed by atoms with Gasteiger partial charge in [-0.3, -0.25) is 14.3 Å². The van der Waals surface area contributed by atoms with Gasteiger partial charge in [0, 0.05) is 60.5 Å². The highest BCUT2D eigenvalue weighted by molar-refractivity contribution is 6.00. The second-order valence-corrected chi connectivity index (χ2v) is 11.8. The molecule has 1 fully saturated rings. The van der Waals surface area contributed by atoms with Crippen molar-refractivity contribution >= 4 is 22.6 Å². The van der Waals surface area contributed by atoms with Gasteiger partial charge in [-0.25, -0.2) is 4.39 Å². The fraction of sp³-hybridized carbons (Fsp3) is 0.417. The number of halogens is 1. The Labute approximate surface area is 258 Å². The van der Waals surface area contributed by atoms with Gasteiger partial charge in [-0.1, -0.05) is 43.5 Å². The van der Waals surface area contributed by atoms with E-state index in [4.69, 9.17) is 14.6 Å². The molecule has 5 rings (SSSR count). The maximum absolute atomic E-state index is 13.6. The van der Waals surface area contributed by atoms with E-state index in [1.54, 1.807) is 13.2 Å². The minimum atomic E-state index is -0.345. The van der Waals surface area contributed by atoms with Gasteiger partial charge in [0.1, 0.15) is 11.6 Å². The summed E-state index contributed by atoms with van der Waals surface area (Å²) in [4.78, 5) is 26.2. The lowest BCUT2D eigenvalue weighted by Crippen LogP contribution is -2.27. The Kier molecular flexibility index (Phi) is 10.4. The Morgan fingerprint density at radius 1 is 0.977 bits per heavy atom. The largest absolute Gasteiger partial charge is 0.496 e. The average molecular weight is 600 g/mol. The molecule has 0 saturated heterocycles. The zero-order valence-corrected chi connectivity index (χ0v) is 25.9. The summed E-state index contributed by atoms with van der Waals surface area (Å²) in [6.07, 6.45) is 9.12. The van der Waals surface area contributed by atoms with Crippen molar-refractivity contribution in [2.24, 2.45) is 11.8 Å². The summed E-state index contributed by atoms with van der Waals surface area (Å²) < 4.78 is 26.1. The van der Waals surface area contributed by atoms with Crippen molar-refractivity contribution in [3.63, 3.8) is 0 Å². The fourth-order valence-corrected chi connectivity index (χ4v) is 6.41. The van der Waals surface area contributed by atoms with Crippen molar-refractivity contribution in [3.8, 4) is 16.9 Å². The van der Waals surface area contributed by atoms with E-state index in [0.29, 0.717) is 30.4 Å². The number of methoxy groups -OCH3 is 2. The van der Waals surface area contributed by atoms with E-state index in [9.17, 15) is 14.0 Å². The van der Waals surface area contributed by atoms with Crippen LogP contribution in [0.1, 0.15) is 71.2 Å². The van der Waals surface area contributed by atoms with Crippen LogP contribution >= 0.6 is 0 Å². The van der Waals surface area contributed by atoms with Crippen LogP contribution in [-0.4, -0.2) is 48.8 Å². The maximum Gasteiger partial charge on any atom is 0.251 e. The minimum Gasteiger partial charge on any atom is -0.496 e. The van der Waals surface area contributed by atoms with E-state index in [1.165, 1.54) is 19.2 Å². The van der Waals surface area contributed by atoms with Crippen LogP contribution in [0.4, 0.5) is 4.39 Å². The first kappa shape index (κ1) is 31.4. The lowest BCUT2D eigenvalue weighted by Gasteiger charge is -2.16. The molecule has 1 aliphatic carbocycles. The first-order valence-electron chi connectivity index (χ1n) is 15.6. The summed E-state index contributed by atoms with van der Waals surface area (Å²) in [5.74, 6) is 0.736. The third-order valence-corrected chi connectivity index (χ3v) is 8.88. The molecule has 1 aliphatic rings. The second kappa shape index (κ2) is 14.6. The lowest BCUT2D eigenvalue weighted by atomic mass is 9.88. The smallest absolute Gasteiger partial charge is 0.251 e. The molecule has 0 bridgehead atoms. The molecule has 44 heavy (non-hydrogen) atoms. The molecule has 8 heteroatoms. The van der Waals surface area contributed by atoms with Crippen molar-refractivity contribution in [2.45, 2.75) is 58.4 Å². The van der Waals surface area contributed by atoms with E-state index in [1.807, 2.05) is 48.0 Å². The van der Waals surface area contributed by atoms with Gasteiger partial charge in [0.05, 0.1) is 19.2 Å². The van der Waals surface area contributed by atoms with E-state index in [-0.39, 0.29) is 23.4 Å². The Hall–Kier alpha value is -4.04. The summed E-state index contributed by atoms with van der Waals surface area (Å²) in [5, 5.41) is 8.74. The molecule has 0 aliphatic heterocycles. The first-order valence-corrected chi connectivity index (χ1v) is 15.6. The molecule has 1 amide bonds. The van der Waals surface area contributed by atoms with Gasteiger partial charge in [-0.05, 0) is 73.9 Å². The molecule has 1 saturated carbocycles. The number of rotatable bonds is 10. The minimum absolute atomic E-state index is 0.0170. The van der Waals surface area contributed by atoms with Crippen LogP contribution in [0.2, 0.25) is 0 Å². The van der Waals surface area contributed by atoms with Crippen LogP contribution in [-0.2, 0) is 11.3 Å². The van der Waals surface area contributed by atoms with Crippen LogP contribution < -0.4 is 10.1 Å². The van der Waals surface area contributed by atoms with Crippen molar-refractivity contribution in [1.82, 2.24) is 15.1 Å². The second-order valence-electron chi connectivity index (χ2n) is 11.8. The quantitative estimate of drug-likeness (QED) is 0.152. The van der Waals surface area contributed by atoms with Crippen molar-refractivity contribution in [2.75, 3.05) is 27.4 Å². The molecular formula is C36H42FN3O4. The fourth-order valence-electron chi connectivity index (χ4n) is 6.41. The molecule has 2 unspecified atom stereocenters. The van der Waals surface area contributed by atoms with Gasteiger partial charge in [0.15, 0.2) is 5.78 Å². The molecule has 0 spiro atoms. The van der Waals surface area contributed by atoms with Gasteiger partial charge in [0.2, 0.25) is 0 Å². The third kappa shape index (κ3) is 7.36. The molecule has 4 aromatic rings. The molecule has 1 aromatic heterocycles. The third-order valence-electron chi connectivity index (χ3n) is 8.88. The molecule has 3 aromatic carbocycles. The maximum atomic E-state index is 13.6.